The molecule has 0 atom stereocenters. The summed E-state index contributed by atoms with van der Waals surface area (Å²) in [6.07, 6.45) is -0.374. The molecule has 1 N–H and O–H groups in total. The van der Waals surface area contributed by atoms with Crippen LogP contribution in [-0.2, 0) is 17.5 Å². The van der Waals surface area contributed by atoms with Crippen LogP contribution in [0.3, 0.4) is 0 Å². The Kier molecular flexibility index (Phi) is 6.83. The lowest BCUT2D eigenvalue weighted by molar-refractivity contribution is -0.138. The molecule has 0 unspecified atom stereocenters. The van der Waals surface area contributed by atoms with Crippen LogP contribution in [0.1, 0.15) is 25.0 Å². The van der Waals surface area contributed by atoms with Crippen LogP contribution in [0, 0.1) is 0 Å². The van der Waals surface area contributed by atoms with Crippen molar-refractivity contribution in [1.82, 2.24) is 15.3 Å². The van der Waals surface area contributed by atoms with E-state index in [0.717, 1.165) is 45.3 Å². The number of aromatic nitrogens is 2. The first-order valence-corrected chi connectivity index (χ1v) is 11.1. The second-order valence-corrected chi connectivity index (χ2v) is 8.60. The fourth-order valence-electron chi connectivity index (χ4n) is 3.75. The zero-order valence-corrected chi connectivity index (χ0v) is 19.9. The molecule has 4 aromatic rings. The monoisotopic (exact) mass is 495 g/mol. The van der Waals surface area contributed by atoms with E-state index in [-0.39, 0.29) is 12.4 Å². The Labute approximate surface area is 206 Å². The second kappa shape index (κ2) is 9.85. The first-order chi connectivity index (χ1) is 17.1. The molecule has 0 aliphatic carbocycles. The van der Waals surface area contributed by atoms with Gasteiger partial charge in [0.15, 0.2) is 5.60 Å². The summed E-state index contributed by atoms with van der Waals surface area (Å²) >= 11 is 0. The standard InChI is InChI=1S/C27H24F3N3O3/c1-26(2,36-24-10-8-19(15-32-24)27(28,29)30)25(34)33-14-18-7-9-21(22-11-12-31-16-23(18)22)17-5-4-6-20(13-17)35-3/h4-13,15-16H,14H2,1-3H3,(H,33,34). The Morgan fingerprint density at radius 2 is 1.81 bits per heavy atom. The van der Waals surface area contributed by atoms with Crippen molar-refractivity contribution in [2.75, 3.05) is 7.11 Å². The molecule has 0 aliphatic heterocycles. The predicted molar refractivity (Wildman–Crippen MR) is 130 cm³/mol. The number of nitrogens with one attached hydrogen (secondary N) is 1. The van der Waals surface area contributed by atoms with Gasteiger partial charge in [-0.15, -0.1) is 0 Å². The Morgan fingerprint density at radius 3 is 2.50 bits per heavy atom. The normalized spacial score (nSPS) is 11.8. The van der Waals surface area contributed by atoms with Crippen molar-refractivity contribution in [1.29, 1.82) is 0 Å². The molecule has 0 saturated carbocycles. The number of halogens is 3. The molecule has 2 aromatic heterocycles. The molecule has 1 amide bonds. The molecule has 0 bridgehead atoms. The fraction of sp³-hybridized carbons (Fsp3) is 0.222. The molecule has 0 spiro atoms. The van der Waals surface area contributed by atoms with Crippen molar-refractivity contribution >= 4 is 16.7 Å². The topological polar surface area (TPSA) is 73.3 Å². The Bertz CT molecular complexity index is 1390. The molecular formula is C27H24F3N3O3. The summed E-state index contributed by atoms with van der Waals surface area (Å²) in [5.41, 5.74) is 0.566. The number of alkyl halides is 3. The molecule has 0 saturated heterocycles. The van der Waals surface area contributed by atoms with Crippen LogP contribution in [0.15, 0.2) is 73.2 Å². The van der Waals surface area contributed by atoms with Crippen LogP contribution in [-0.4, -0.2) is 28.6 Å². The molecule has 9 heteroatoms. The van der Waals surface area contributed by atoms with Crippen molar-refractivity contribution in [3.63, 3.8) is 0 Å². The zero-order valence-electron chi connectivity index (χ0n) is 19.9. The van der Waals surface area contributed by atoms with Gasteiger partial charge in [-0.2, -0.15) is 13.2 Å². The van der Waals surface area contributed by atoms with Crippen molar-refractivity contribution in [2.45, 2.75) is 32.2 Å². The van der Waals surface area contributed by atoms with Gasteiger partial charge in [-0.05, 0) is 60.2 Å². The van der Waals surface area contributed by atoms with E-state index in [2.05, 4.69) is 15.3 Å². The van der Waals surface area contributed by atoms with Gasteiger partial charge >= 0.3 is 6.18 Å². The summed E-state index contributed by atoms with van der Waals surface area (Å²) in [5.74, 6) is 0.217. The number of carbonyl (C=O) groups excluding carboxylic acids is 1. The van der Waals surface area contributed by atoms with Gasteiger partial charge in [-0.1, -0.05) is 24.3 Å². The maximum Gasteiger partial charge on any atom is 0.417 e. The number of pyridine rings is 2. The summed E-state index contributed by atoms with van der Waals surface area (Å²) in [6.45, 7) is 3.24. The number of benzene rings is 2. The minimum absolute atomic E-state index is 0.0829. The van der Waals surface area contributed by atoms with Crippen molar-refractivity contribution in [3.8, 4) is 22.8 Å². The fourth-order valence-corrected chi connectivity index (χ4v) is 3.75. The molecule has 2 heterocycles. The van der Waals surface area contributed by atoms with Crippen LogP contribution in [0.5, 0.6) is 11.6 Å². The molecule has 0 fully saturated rings. The number of hydrogen-bond acceptors (Lipinski definition) is 5. The van der Waals surface area contributed by atoms with E-state index < -0.39 is 23.2 Å². The Morgan fingerprint density at radius 1 is 1.00 bits per heavy atom. The molecule has 6 nitrogen and oxygen atoms in total. The molecule has 0 aliphatic rings. The third-order valence-electron chi connectivity index (χ3n) is 5.70. The minimum atomic E-state index is -4.50. The Balaban J connectivity index is 1.51. The van der Waals surface area contributed by atoms with Crippen LogP contribution in [0.25, 0.3) is 21.9 Å². The maximum absolute atomic E-state index is 12.9. The van der Waals surface area contributed by atoms with Crippen LogP contribution >= 0.6 is 0 Å². The van der Waals surface area contributed by atoms with Gasteiger partial charge in [0.25, 0.3) is 5.91 Å². The molecule has 186 valence electrons. The number of hydrogen-bond donors (Lipinski definition) is 1. The minimum Gasteiger partial charge on any atom is -0.497 e. The quantitative estimate of drug-likeness (QED) is 0.351. The molecule has 36 heavy (non-hydrogen) atoms. The van der Waals surface area contributed by atoms with Crippen LogP contribution in [0.4, 0.5) is 13.2 Å². The number of fused-ring (bicyclic) bond motifs is 1. The molecule has 2 aromatic carbocycles. The smallest absolute Gasteiger partial charge is 0.417 e. The van der Waals surface area contributed by atoms with Gasteiger partial charge in [-0.25, -0.2) is 4.98 Å². The first-order valence-electron chi connectivity index (χ1n) is 11.1. The summed E-state index contributed by atoms with van der Waals surface area (Å²) in [6, 6.07) is 15.5. The van der Waals surface area contributed by atoms with Crippen molar-refractivity contribution < 1.29 is 27.4 Å². The summed E-state index contributed by atoms with van der Waals surface area (Å²) < 4.78 is 49.2. The van der Waals surface area contributed by atoms with E-state index in [1.807, 2.05) is 42.5 Å². The second-order valence-electron chi connectivity index (χ2n) is 8.60. The van der Waals surface area contributed by atoms with Gasteiger partial charge in [0.05, 0.1) is 12.7 Å². The van der Waals surface area contributed by atoms with Crippen LogP contribution < -0.4 is 14.8 Å². The highest BCUT2D eigenvalue weighted by Crippen LogP contribution is 2.33. The lowest BCUT2D eigenvalue weighted by atomic mass is 9.96. The first kappa shape index (κ1) is 25.0. The number of nitrogens with zero attached hydrogens (tertiary/aromatic N) is 2. The van der Waals surface area contributed by atoms with E-state index in [1.54, 1.807) is 19.5 Å². The number of rotatable bonds is 7. The number of ether oxygens (including phenoxy) is 2. The van der Waals surface area contributed by atoms with Crippen LogP contribution in [0.2, 0.25) is 0 Å². The van der Waals surface area contributed by atoms with E-state index in [1.165, 1.54) is 13.8 Å². The molecule has 0 radical (unpaired) electrons. The third kappa shape index (κ3) is 5.40. The summed E-state index contributed by atoms with van der Waals surface area (Å²) in [5, 5.41) is 4.69. The SMILES string of the molecule is COc1cccc(-c2ccc(CNC(=O)C(C)(C)Oc3ccc(C(F)(F)F)cn3)c3cnccc23)c1. The van der Waals surface area contributed by atoms with Gasteiger partial charge in [0.1, 0.15) is 5.75 Å². The highest BCUT2D eigenvalue weighted by atomic mass is 19.4. The van der Waals surface area contributed by atoms with E-state index in [0.29, 0.717) is 6.20 Å². The van der Waals surface area contributed by atoms with E-state index in [9.17, 15) is 18.0 Å². The molecular weight excluding hydrogens is 471 g/mol. The van der Waals surface area contributed by atoms with Gasteiger partial charge < -0.3 is 14.8 Å². The van der Waals surface area contributed by atoms with Gasteiger partial charge in [-0.3, -0.25) is 9.78 Å². The van der Waals surface area contributed by atoms with Gasteiger partial charge in [0.2, 0.25) is 5.88 Å². The average molecular weight is 496 g/mol. The highest BCUT2D eigenvalue weighted by molar-refractivity contribution is 5.98. The third-order valence-corrected chi connectivity index (χ3v) is 5.70. The van der Waals surface area contributed by atoms with Crippen molar-refractivity contribution in [2.24, 2.45) is 0 Å². The van der Waals surface area contributed by atoms with Gasteiger partial charge in [0, 0.05) is 36.6 Å². The predicted octanol–water partition coefficient (Wildman–Crippen LogP) is 5.80. The maximum atomic E-state index is 12.9. The van der Waals surface area contributed by atoms with E-state index in [4.69, 9.17) is 9.47 Å². The zero-order chi connectivity index (χ0) is 25.9. The summed E-state index contributed by atoms with van der Waals surface area (Å²) in [7, 11) is 1.62. The Hall–Kier alpha value is -4.14. The van der Waals surface area contributed by atoms with Crippen molar-refractivity contribution in [3.05, 3.63) is 84.3 Å². The lowest BCUT2D eigenvalue weighted by Crippen LogP contribution is -2.46. The largest absolute Gasteiger partial charge is 0.497 e. The molecule has 4 rings (SSSR count). The number of methoxy groups -OCH3 is 1. The lowest BCUT2D eigenvalue weighted by Gasteiger charge is -2.25. The average Bonchev–Trinajstić information content (AvgIpc) is 2.86. The summed E-state index contributed by atoms with van der Waals surface area (Å²) in [4.78, 5) is 20.8. The highest BCUT2D eigenvalue weighted by Gasteiger charge is 2.33. The number of amides is 1. The van der Waals surface area contributed by atoms with E-state index >= 15 is 0 Å². The number of carbonyl (C=O) groups is 1.